The van der Waals surface area contributed by atoms with Crippen LogP contribution >= 0.6 is 0 Å². The van der Waals surface area contributed by atoms with Crippen molar-refractivity contribution in [3.63, 3.8) is 0 Å². The van der Waals surface area contributed by atoms with E-state index in [9.17, 15) is 4.79 Å². The number of pyridine rings is 1. The van der Waals surface area contributed by atoms with Gasteiger partial charge in [0.2, 0.25) is 0 Å². The molecule has 4 rings (SSSR count). The second-order valence-electron chi connectivity index (χ2n) is 7.25. The number of carbonyl (C=O) groups excluding carboxylic acids is 1. The molecule has 3 aromatic rings. The molecule has 1 aromatic carbocycles. The number of carbonyl (C=O) groups is 1. The number of hydrogen-bond donors (Lipinski definition) is 3. The fraction of sp³-hybridized carbons (Fsp3) is 0.381. The Labute approximate surface area is 164 Å². The van der Waals surface area contributed by atoms with E-state index in [1.807, 2.05) is 48.2 Å². The van der Waals surface area contributed by atoms with E-state index in [-0.39, 0.29) is 11.9 Å². The third kappa shape index (κ3) is 4.08. The van der Waals surface area contributed by atoms with E-state index in [4.69, 9.17) is 4.98 Å². The number of nitrogens with one attached hydrogen (secondary N) is 3. The predicted molar refractivity (Wildman–Crippen MR) is 111 cm³/mol. The van der Waals surface area contributed by atoms with Crippen LogP contribution in [0.5, 0.6) is 0 Å². The molecule has 0 bridgehead atoms. The number of nitrogens with zero attached hydrogens (tertiary/aromatic N) is 3. The van der Waals surface area contributed by atoms with E-state index in [0.29, 0.717) is 19.6 Å². The number of imidazole rings is 1. The van der Waals surface area contributed by atoms with Crippen molar-refractivity contribution in [2.45, 2.75) is 25.7 Å². The zero-order valence-corrected chi connectivity index (χ0v) is 16.1. The minimum Gasteiger partial charge on any atom is -0.368 e. The van der Waals surface area contributed by atoms with E-state index in [1.54, 1.807) is 6.20 Å². The van der Waals surface area contributed by atoms with Crippen LogP contribution in [0.25, 0.3) is 11.0 Å². The van der Waals surface area contributed by atoms with E-state index in [1.165, 1.54) is 0 Å². The van der Waals surface area contributed by atoms with Crippen LogP contribution in [-0.2, 0) is 0 Å². The van der Waals surface area contributed by atoms with Crippen LogP contribution < -0.4 is 10.6 Å². The lowest BCUT2D eigenvalue weighted by molar-refractivity contribution is 0.179. The first-order valence-corrected chi connectivity index (χ1v) is 9.83. The van der Waals surface area contributed by atoms with Gasteiger partial charge in [0.05, 0.1) is 11.0 Å². The fourth-order valence-electron chi connectivity index (χ4n) is 3.68. The summed E-state index contributed by atoms with van der Waals surface area (Å²) in [6.07, 6.45) is 3.80. The van der Waals surface area contributed by atoms with Crippen LogP contribution in [-0.4, -0.2) is 52.1 Å². The first kappa shape index (κ1) is 18.3. The number of hydrogen-bond acceptors (Lipinski definition) is 4. The minimum atomic E-state index is -0.0136. The molecule has 0 aliphatic carbocycles. The van der Waals surface area contributed by atoms with Crippen molar-refractivity contribution in [2.75, 3.05) is 31.5 Å². The number of aryl methyl sites for hydroxylation is 1. The van der Waals surface area contributed by atoms with Gasteiger partial charge in [-0.25, -0.2) is 14.8 Å². The number of fused-ring (bicyclic) bond motifs is 1. The number of aromatic amines is 1. The van der Waals surface area contributed by atoms with Crippen molar-refractivity contribution in [1.82, 2.24) is 25.2 Å². The molecule has 1 aliphatic rings. The maximum Gasteiger partial charge on any atom is 0.317 e. The lowest BCUT2D eigenvalue weighted by atomic mass is 9.98. The Balaban J connectivity index is 1.29. The second-order valence-corrected chi connectivity index (χ2v) is 7.25. The van der Waals surface area contributed by atoms with Gasteiger partial charge in [0.15, 0.2) is 0 Å². The summed E-state index contributed by atoms with van der Waals surface area (Å²) in [6, 6.07) is 12.0. The van der Waals surface area contributed by atoms with E-state index >= 15 is 0 Å². The van der Waals surface area contributed by atoms with Gasteiger partial charge in [-0.2, -0.15) is 0 Å². The highest BCUT2D eigenvalue weighted by Crippen LogP contribution is 2.26. The number of para-hydroxylation sites is 2. The highest BCUT2D eigenvalue weighted by atomic mass is 16.2. The Kier molecular flexibility index (Phi) is 5.41. The molecule has 0 saturated carbocycles. The Morgan fingerprint density at radius 3 is 3.00 bits per heavy atom. The molecule has 1 saturated heterocycles. The van der Waals surface area contributed by atoms with Crippen molar-refractivity contribution < 1.29 is 4.79 Å². The molecule has 3 N–H and O–H groups in total. The normalized spacial score (nSPS) is 16.9. The average molecular weight is 378 g/mol. The standard InChI is InChI=1S/C21H26N6O/c1-15-6-4-10-22-19(15)23-11-12-24-21(28)27-13-5-7-16(14-27)20-25-17-8-2-3-9-18(17)26-20/h2-4,6,8-10,16H,5,7,11-14H2,1H3,(H,22,23)(H,24,28)(H,25,26). The number of anilines is 1. The molecule has 7 heteroatoms. The smallest absolute Gasteiger partial charge is 0.317 e. The maximum absolute atomic E-state index is 12.6. The number of benzene rings is 1. The molecule has 3 heterocycles. The molecule has 2 aromatic heterocycles. The van der Waals surface area contributed by atoms with Gasteiger partial charge in [-0.1, -0.05) is 18.2 Å². The summed E-state index contributed by atoms with van der Waals surface area (Å²) >= 11 is 0. The third-order valence-corrected chi connectivity index (χ3v) is 5.21. The SMILES string of the molecule is Cc1cccnc1NCCNC(=O)N1CCCC(c2nc3ccccc3[nH]2)C1. The Hall–Kier alpha value is -3.09. The number of likely N-dealkylation sites (tertiary alicyclic amines) is 1. The largest absolute Gasteiger partial charge is 0.368 e. The lowest BCUT2D eigenvalue weighted by Crippen LogP contribution is -2.46. The van der Waals surface area contributed by atoms with Crippen molar-refractivity contribution in [3.05, 3.63) is 54.0 Å². The molecule has 1 aliphatic heterocycles. The van der Waals surface area contributed by atoms with E-state index in [2.05, 4.69) is 20.6 Å². The number of rotatable bonds is 5. The molecule has 0 radical (unpaired) electrons. The summed E-state index contributed by atoms with van der Waals surface area (Å²) in [5, 5.41) is 6.27. The summed E-state index contributed by atoms with van der Waals surface area (Å²) in [6.45, 7) is 4.69. The molecule has 28 heavy (non-hydrogen) atoms. The minimum absolute atomic E-state index is 0.0136. The molecular weight excluding hydrogens is 352 g/mol. The van der Waals surface area contributed by atoms with Gasteiger partial charge in [0.1, 0.15) is 11.6 Å². The maximum atomic E-state index is 12.6. The van der Waals surface area contributed by atoms with Gasteiger partial charge < -0.3 is 20.5 Å². The Morgan fingerprint density at radius 2 is 2.14 bits per heavy atom. The molecule has 1 atom stereocenters. The Bertz CT molecular complexity index is 920. The van der Waals surface area contributed by atoms with Gasteiger partial charge in [-0.05, 0) is 43.5 Å². The number of piperidine rings is 1. The summed E-state index contributed by atoms with van der Waals surface area (Å²) in [5.41, 5.74) is 3.13. The van der Waals surface area contributed by atoms with Gasteiger partial charge in [-0.15, -0.1) is 0 Å². The molecule has 0 spiro atoms. The molecule has 146 valence electrons. The third-order valence-electron chi connectivity index (χ3n) is 5.21. The zero-order chi connectivity index (χ0) is 19.3. The van der Waals surface area contributed by atoms with Crippen LogP contribution in [0, 0.1) is 6.92 Å². The van der Waals surface area contributed by atoms with Crippen LogP contribution in [0.15, 0.2) is 42.6 Å². The van der Waals surface area contributed by atoms with Crippen molar-refractivity contribution in [1.29, 1.82) is 0 Å². The summed E-state index contributed by atoms with van der Waals surface area (Å²) in [4.78, 5) is 26.9. The topological polar surface area (TPSA) is 85.9 Å². The number of aromatic nitrogens is 3. The number of amides is 2. The summed E-state index contributed by atoms with van der Waals surface area (Å²) in [7, 11) is 0. The molecular formula is C21H26N6O. The molecule has 2 amide bonds. The van der Waals surface area contributed by atoms with E-state index in [0.717, 1.165) is 47.6 Å². The Morgan fingerprint density at radius 1 is 1.25 bits per heavy atom. The molecule has 1 unspecified atom stereocenters. The molecule has 7 nitrogen and oxygen atoms in total. The monoisotopic (exact) mass is 378 g/mol. The summed E-state index contributed by atoms with van der Waals surface area (Å²) in [5.74, 6) is 2.09. The van der Waals surface area contributed by atoms with Crippen molar-refractivity contribution in [2.24, 2.45) is 0 Å². The van der Waals surface area contributed by atoms with Gasteiger partial charge in [-0.3, -0.25) is 0 Å². The number of H-pyrrole nitrogens is 1. The van der Waals surface area contributed by atoms with Crippen LogP contribution in [0.4, 0.5) is 10.6 Å². The fourth-order valence-corrected chi connectivity index (χ4v) is 3.68. The van der Waals surface area contributed by atoms with Crippen LogP contribution in [0.2, 0.25) is 0 Å². The first-order chi connectivity index (χ1) is 13.7. The van der Waals surface area contributed by atoms with Gasteiger partial charge >= 0.3 is 6.03 Å². The van der Waals surface area contributed by atoms with Crippen LogP contribution in [0.3, 0.4) is 0 Å². The average Bonchev–Trinajstić information content (AvgIpc) is 3.17. The second kappa shape index (κ2) is 8.29. The quantitative estimate of drug-likeness (QED) is 0.595. The van der Waals surface area contributed by atoms with Crippen molar-refractivity contribution >= 4 is 22.9 Å². The number of urea groups is 1. The molecule has 1 fully saturated rings. The van der Waals surface area contributed by atoms with Gasteiger partial charge in [0, 0.05) is 38.3 Å². The highest BCUT2D eigenvalue weighted by molar-refractivity contribution is 5.75. The lowest BCUT2D eigenvalue weighted by Gasteiger charge is -2.31. The van der Waals surface area contributed by atoms with E-state index < -0.39 is 0 Å². The van der Waals surface area contributed by atoms with Crippen molar-refractivity contribution in [3.8, 4) is 0 Å². The van der Waals surface area contributed by atoms with Gasteiger partial charge in [0.25, 0.3) is 0 Å². The predicted octanol–water partition coefficient (Wildman–Crippen LogP) is 3.27. The first-order valence-electron chi connectivity index (χ1n) is 9.83. The summed E-state index contributed by atoms with van der Waals surface area (Å²) < 4.78 is 0. The van der Waals surface area contributed by atoms with Crippen LogP contribution in [0.1, 0.15) is 30.1 Å². The zero-order valence-electron chi connectivity index (χ0n) is 16.1. The highest BCUT2D eigenvalue weighted by Gasteiger charge is 2.26.